The molecule has 2 amide bonds. The molecule has 3 aromatic rings. The van der Waals surface area contributed by atoms with Gasteiger partial charge in [-0.25, -0.2) is 0 Å². The number of hydrogen-bond donors (Lipinski definition) is 1. The van der Waals surface area contributed by atoms with Crippen LogP contribution < -0.4 is 14.8 Å². The number of amides is 2. The summed E-state index contributed by atoms with van der Waals surface area (Å²) in [6.45, 7) is 6.62. The van der Waals surface area contributed by atoms with Crippen molar-refractivity contribution < 1.29 is 19.1 Å². The maximum absolute atomic E-state index is 13.7. The van der Waals surface area contributed by atoms with E-state index in [4.69, 9.17) is 9.47 Å². The Kier molecular flexibility index (Phi) is 9.92. The van der Waals surface area contributed by atoms with E-state index in [0.29, 0.717) is 24.5 Å². The molecule has 0 aromatic heterocycles. The molecule has 190 valence electrons. The van der Waals surface area contributed by atoms with Gasteiger partial charge in [0.25, 0.3) is 5.91 Å². The van der Waals surface area contributed by atoms with Gasteiger partial charge in [-0.2, -0.15) is 0 Å². The van der Waals surface area contributed by atoms with E-state index < -0.39 is 6.04 Å². The lowest BCUT2D eigenvalue weighted by Gasteiger charge is -2.31. The number of carbonyl (C=O) groups excluding carboxylic acids is 2. The smallest absolute Gasteiger partial charge is 0.261 e. The van der Waals surface area contributed by atoms with Crippen LogP contribution in [0.5, 0.6) is 11.5 Å². The largest absolute Gasteiger partial charge is 0.497 e. The Balaban J connectivity index is 1.92. The third-order valence-electron chi connectivity index (χ3n) is 6.21. The molecule has 0 bridgehead atoms. The predicted octanol–water partition coefficient (Wildman–Crippen LogP) is 4.86. The van der Waals surface area contributed by atoms with E-state index in [1.807, 2.05) is 93.6 Å². The molecule has 0 aliphatic rings. The first-order chi connectivity index (χ1) is 17.4. The third-order valence-corrected chi connectivity index (χ3v) is 6.21. The van der Waals surface area contributed by atoms with E-state index >= 15 is 0 Å². The highest BCUT2D eigenvalue weighted by Crippen LogP contribution is 2.22. The van der Waals surface area contributed by atoms with Crippen LogP contribution in [-0.4, -0.2) is 43.0 Å². The highest BCUT2D eigenvalue weighted by Gasteiger charge is 2.30. The van der Waals surface area contributed by atoms with Crippen LogP contribution in [0.3, 0.4) is 0 Å². The van der Waals surface area contributed by atoms with Gasteiger partial charge in [-0.15, -0.1) is 0 Å². The molecule has 3 aromatic carbocycles. The standard InChI is InChI=1S/C30H36N2O4/c1-5-17-31-30(34)27(19-24-12-7-6-8-13-24)32(20-25-14-10-15-26(18-25)35-4)29(33)21-36-28-16-9-11-22(2)23(28)3/h6-16,18,27H,5,17,19-21H2,1-4H3,(H,31,34). The van der Waals surface area contributed by atoms with Crippen molar-refractivity contribution in [1.82, 2.24) is 10.2 Å². The Bertz CT molecular complexity index is 1150. The first-order valence-corrected chi connectivity index (χ1v) is 12.4. The number of ether oxygens (including phenoxy) is 2. The summed E-state index contributed by atoms with van der Waals surface area (Å²) >= 11 is 0. The molecule has 0 fully saturated rings. The Morgan fingerprint density at radius 2 is 1.67 bits per heavy atom. The summed E-state index contributed by atoms with van der Waals surface area (Å²) in [4.78, 5) is 28.7. The molecule has 0 spiro atoms. The van der Waals surface area contributed by atoms with Crippen molar-refractivity contribution in [2.24, 2.45) is 0 Å². The van der Waals surface area contributed by atoms with Gasteiger partial charge >= 0.3 is 0 Å². The maximum Gasteiger partial charge on any atom is 0.261 e. The summed E-state index contributed by atoms with van der Waals surface area (Å²) in [7, 11) is 1.61. The van der Waals surface area contributed by atoms with Crippen molar-refractivity contribution in [1.29, 1.82) is 0 Å². The van der Waals surface area contributed by atoms with E-state index in [2.05, 4.69) is 5.32 Å². The van der Waals surface area contributed by atoms with Gasteiger partial charge in [0, 0.05) is 19.5 Å². The van der Waals surface area contributed by atoms with Crippen LogP contribution in [0.15, 0.2) is 72.8 Å². The highest BCUT2D eigenvalue weighted by molar-refractivity contribution is 5.88. The van der Waals surface area contributed by atoms with E-state index in [1.165, 1.54) is 0 Å². The fraction of sp³-hybridized carbons (Fsp3) is 0.333. The summed E-state index contributed by atoms with van der Waals surface area (Å²) in [6.07, 6.45) is 1.21. The first-order valence-electron chi connectivity index (χ1n) is 12.4. The normalized spacial score (nSPS) is 11.4. The van der Waals surface area contributed by atoms with Crippen molar-refractivity contribution in [3.8, 4) is 11.5 Å². The molecule has 6 nitrogen and oxygen atoms in total. The van der Waals surface area contributed by atoms with Crippen molar-refractivity contribution in [2.75, 3.05) is 20.3 Å². The van der Waals surface area contributed by atoms with E-state index in [-0.39, 0.29) is 25.0 Å². The lowest BCUT2D eigenvalue weighted by molar-refractivity contribution is -0.142. The molecule has 0 saturated heterocycles. The fourth-order valence-corrected chi connectivity index (χ4v) is 3.99. The minimum absolute atomic E-state index is 0.166. The summed E-state index contributed by atoms with van der Waals surface area (Å²) in [5.41, 5.74) is 3.93. The third kappa shape index (κ3) is 7.35. The van der Waals surface area contributed by atoms with Crippen molar-refractivity contribution >= 4 is 11.8 Å². The topological polar surface area (TPSA) is 67.9 Å². The summed E-state index contributed by atoms with van der Waals surface area (Å²) < 4.78 is 11.3. The zero-order valence-electron chi connectivity index (χ0n) is 21.6. The van der Waals surface area contributed by atoms with Crippen molar-refractivity contribution in [3.63, 3.8) is 0 Å². The van der Waals surface area contributed by atoms with Gasteiger partial charge in [0.15, 0.2) is 6.61 Å². The van der Waals surface area contributed by atoms with Crippen LogP contribution in [0.1, 0.15) is 35.6 Å². The van der Waals surface area contributed by atoms with Gasteiger partial charge in [-0.3, -0.25) is 9.59 Å². The SMILES string of the molecule is CCCNC(=O)C(Cc1ccccc1)N(Cc1cccc(OC)c1)C(=O)COc1cccc(C)c1C. The minimum Gasteiger partial charge on any atom is -0.497 e. The Labute approximate surface area is 214 Å². The van der Waals surface area contributed by atoms with Gasteiger partial charge in [0.05, 0.1) is 7.11 Å². The van der Waals surface area contributed by atoms with E-state index in [1.54, 1.807) is 12.0 Å². The van der Waals surface area contributed by atoms with Crippen LogP contribution in [-0.2, 0) is 22.6 Å². The average molecular weight is 489 g/mol. The molecule has 1 atom stereocenters. The van der Waals surface area contributed by atoms with E-state index in [0.717, 1.165) is 28.7 Å². The Morgan fingerprint density at radius 3 is 2.39 bits per heavy atom. The highest BCUT2D eigenvalue weighted by atomic mass is 16.5. The lowest BCUT2D eigenvalue weighted by atomic mass is 10.0. The van der Waals surface area contributed by atoms with Gasteiger partial charge in [-0.1, -0.05) is 61.5 Å². The number of aryl methyl sites for hydroxylation is 1. The molecule has 1 N–H and O–H groups in total. The van der Waals surface area contributed by atoms with Crippen LogP contribution >= 0.6 is 0 Å². The monoisotopic (exact) mass is 488 g/mol. The molecule has 36 heavy (non-hydrogen) atoms. The Hall–Kier alpha value is -3.80. The quantitative estimate of drug-likeness (QED) is 0.396. The number of carbonyl (C=O) groups is 2. The second kappa shape index (κ2) is 13.3. The number of nitrogens with zero attached hydrogens (tertiary/aromatic N) is 1. The van der Waals surface area contributed by atoms with Crippen LogP contribution in [0, 0.1) is 13.8 Å². The first kappa shape index (κ1) is 26.8. The molecule has 0 heterocycles. The number of rotatable bonds is 12. The number of nitrogens with one attached hydrogen (secondary N) is 1. The average Bonchev–Trinajstić information content (AvgIpc) is 2.90. The second-order valence-corrected chi connectivity index (χ2v) is 8.86. The molecule has 1 unspecified atom stereocenters. The molecular weight excluding hydrogens is 452 g/mol. The summed E-state index contributed by atoms with van der Waals surface area (Å²) in [6, 6.07) is 22.4. The van der Waals surface area contributed by atoms with Gasteiger partial charge in [-0.05, 0) is 60.7 Å². The second-order valence-electron chi connectivity index (χ2n) is 8.86. The van der Waals surface area contributed by atoms with Crippen molar-refractivity contribution in [3.05, 3.63) is 95.1 Å². The molecule has 3 rings (SSSR count). The predicted molar refractivity (Wildman–Crippen MR) is 142 cm³/mol. The Morgan fingerprint density at radius 1 is 0.944 bits per heavy atom. The zero-order chi connectivity index (χ0) is 25.9. The molecule has 0 aliphatic carbocycles. The lowest BCUT2D eigenvalue weighted by Crippen LogP contribution is -2.51. The molecule has 0 aliphatic heterocycles. The van der Waals surface area contributed by atoms with Gasteiger partial charge < -0.3 is 19.7 Å². The summed E-state index contributed by atoms with van der Waals surface area (Å²) in [5.74, 6) is 0.927. The van der Waals surface area contributed by atoms with Gasteiger partial charge in [0.1, 0.15) is 17.5 Å². The fourth-order valence-electron chi connectivity index (χ4n) is 3.99. The summed E-state index contributed by atoms with van der Waals surface area (Å²) in [5, 5.41) is 2.99. The number of benzene rings is 3. The van der Waals surface area contributed by atoms with Crippen molar-refractivity contribution in [2.45, 2.75) is 46.2 Å². The van der Waals surface area contributed by atoms with Crippen LogP contribution in [0.25, 0.3) is 0 Å². The minimum atomic E-state index is -0.695. The number of methoxy groups -OCH3 is 1. The molecule has 0 radical (unpaired) electrons. The van der Waals surface area contributed by atoms with E-state index in [9.17, 15) is 9.59 Å². The van der Waals surface area contributed by atoms with Gasteiger partial charge in [0.2, 0.25) is 5.91 Å². The van der Waals surface area contributed by atoms with Crippen LogP contribution in [0.2, 0.25) is 0 Å². The van der Waals surface area contributed by atoms with Crippen LogP contribution in [0.4, 0.5) is 0 Å². The zero-order valence-corrected chi connectivity index (χ0v) is 21.6. The number of hydrogen-bond acceptors (Lipinski definition) is 4. The molecular formula is C30H36N2O4. The maximum atomic E-state index is 13.7. The molecule has 0 saturated carbocycles. The molecule has 6 heteroatoms.